The van der Waals surface area contributed by atoms with E-state index < -0.39 is 0 Å². The van der Waals surface area contributed by atoms with Crippen molar-refractivity contribution in [3.8, 4) is 6.07 Å². The molecule has 90 valence electrons. The Labute approximate surface area is 101 Å². The minimum Gasteiger partial charge on any atom is -0.366 e. The Kier molecular flexibility index (Phi) is 3.89. The van der Waals surface area contributed by atoms with E-state index in [4.69, 9.17) is 5.26 Å². The first-order valence-electron chi connectivity index (χ1n) is 6.04. The van der Waals surface area contributed by atoms with Gasteiger partial charge in [0.05, 0.1) is 0 Å². The van der Waals surface area contributed by atoms with Crippen LogP contribution >= 0.6 is 0 Å². The van der Waals surface area contributed by atoms with E-state index >= 15 is 0 Å². The Morgan fingerprint density at radius 3 is 2.71 bits per heavy atom. The van der Waals surface area contributed by atoms with E-state index in [0.717, 1.165) is 38.3 Å². The van der Waals surface area contributed by atoms with E-state index in [9.17, 15) is 0 Å². The minimum atomic E-state index is 0.358. The predicted octanol–water partition coefficient (Wildman–Crippen LogP) is 1.24. The molecule has 0 aromatic carbocycles. The molecule has 1 aromatic heterocycles. The number of piperidine rings is 1. The molecule has 1 aliphatic heterocycles. The number of anilines is 1. The molecule has 0 radical (unpaired) electrons. The highest BCUT2D eigenvalue weighted by Crippen LogP contribution is 2.14. The molecule has 0 spiro atoms. The standard InChI is InChI=1S/C12H17N5/c1-2-17-7-5-10(6-8-17)14-12-4-3-11(9-13)15-16-12/h3-4,10H,2,5-8H2,1H3,(H,14,16). The highest BCUT2D eigenvalue weighted by atomic mass is 15.2. The number of rotatable bonds is 3. The lowest BCUT2D eigenvalue weighted by Crippen LogP contribution is -2.39. The molecular formula is C12H17N5. The highest BCUT2D eigenvalue weighted by molar-refractivity contribution is 5.36. The van der Waals surface area contributed by atoms with Gasteiger partial charge >= 0.3 is 0 Å². The molecule has 1 fully saturated rings. The van der Waals surface area contributed by atoms with Crippen molar-refractivity contribution in [2.75, 3.05) is 25.0 Å². The maximum Gasteiger partial charge on any atom is 0.163 e. The summed E-state index contributed by atoms with van der Waals surface area (Å²) in [5.41, 5.74) is 0.358. The van der Waals surface area contributed by atoms with Crippen LogP contribution in [0.15, 0.2) is 12.1 Å². The van der Waals surface area contributed by atoms with E-state index in [0.29, 0.717) is 11.7 Å². The van der Waals surface area contributed by atoms with Gasteiger partial charge in [-0.2, -0.15) is 5.26 Å². The monoisotopic (exact) mass is 231 g/mol. The number of hydrogen-bond acceptors (Lipinski definition) is 5. The van der Waals surface area contributed by atoms with Crippen LogP contribution in [-0.2, 0) is 0 Å². The van der Waals surface area contributed by atoms with Gasteiger partial charge in [0.25, 0.3) is 0 Å². The maximum atomic E-state index is 8.63. The fourth-order valence-electron chi connectivity index (χ4n) is 2.07. The molecule has 2 heterocycles. The Bertz CT molecular complexity index is 386. The van der Waals surface area contributed by atoms with Crippen molar-refractivity contribution in [1.82, 2.24) is 15.1 Å². The van der Waals surface area contributed by atoms with Crippen LogP contribution in [0.25, 0.3) is 0 Å². The summed E-state index contributed by atoms with van der Waals surface area (Å²) in [5, 5.41) is 19.8. The number of hydrogen-bond donors (Lipinski definition) is 1. The van der Waals surface area contributed by atoms with Crippen molar-refractivity contribution in [3.05, 3.63) is 17.8 Å². The lowest BCUT2D eigenvalue weighted by molar-refractivity contribution is 0.229. The van der Waals surface area contributed by atoms with Crippen molar-refractivity contribution in [3.63, 3.8) is 0 Å². The summed E-state index contributed by atoms with van der Waals surface area (Å²) in [6.07, 6.45) is 2.27. The molecule has 0 unspecified atom stereocenters. The molecule has 1 aromatic rings. The van der Waals surface area contributed by atoms with Gasteiger partial charge in [0.1, 0.15) is 11.9 Å². The summed E-state index contributed by atoms with van der Waals surface area (Å²) in [5.74, 6) is 0.763. The van der Waals surface area contributed by atoms with Gasteiger partial charge in [0, 0.05) is 19.1 Å². The SMILES string of the molecule is CCN1CCC(Nc2ccc(C#N)nn2)CC1. The first-order chi connectivity index (χ1) is 8.31. The predicted molar refractivity (Wildman–Crippen MR) is 65.5 cm³/mol. The van der Waals surface area contributed by atoms with E-state index in [1.165, 1.54) is 0 Å². The second kappa shape index (κ2) is 5.60. The molecule has 0 saturated carbocycles. The van der Waals surface area contributed by atoms with Crippen LogP contribution in [-0.4, -0.2) is 40.8 Å². The summed E-state index contributed by atoms with van der Waals surface area (Å²) < 4.78 is 0. The minimum absolute atomic E-state index is 0.358. The first kappa shape index (κ1) is 11.8. The first-order valence-corrected chi connectivity index (χ1v) is 6.04. The van der Waals surface area contributed by atoms with Crippen LogP contribution in [0.5, 0.6) is 0 Å². The third kappa shape index (κ3) is 3.14. The van der Waals surface area contributed by atoms with Crippen molar-refractivity contribution in [1.29, 1.82) is 5.26 Å². The van der Waals surface area contributed by atoms with Gasteiger partial charge in [-0.3, -0.25) is 0 Å². The third-order valence-electron chi connectivity index (χ3n) is 3.17. The van der Waals surface area contributed by atoms with Gasteiger partial charge < -0.3 is 10.2 Å². The lowest BCUT2D eigenvalue weighted by Gasteiger charge is -2.31. The Balaban J connectivity index is 1.87. The van der Waals surface area contributed by atoms with Gasteiger partial charge in [0.15, 0.2) is 5.69 Å². The quantitative estimate of drug-likeness (QED) is 0.848. The van der Waals surface area contributed by atoms with Crippen LogP contribution in [0, 0.1) is 11.3 Å². The van der Waals surface area contributed by atoms with Gasteiger partial charge in [0.2, 0.25) is 0 Å². The second-order valence-corrected chi connectivity index (χ2v) is 4.27. The Morgan fingerprint density at radius 1 is 1.41 bits per heavy atom. The van der Waals surface area contributed by atoms with Crippen molar-refractivity contribution in [2.45, 2.75) is 25.8 Å². The summed E-state index contributed by atoms with van der Waals surface area (Å²) in [6.45, 7) is 5.60. The van der Waals surface area contributed by atoms with Crippen molar-refractivity contribution in [2.24, 2.45) is 0 Å². The molecular weight excluding hydrogens is 214 g/mol. The number of likely N-dealkylation sites (tertiary alicyclic amines) is 1. The van der Waals surface area contributed by atoms with E-state index in [1.54, 1.807) is 6.07 Å². The van der Waals surface area contributed by atoms with Gasteiger partial charge in [-0.15, -0.1) is 10.2 Å². The second-order valence-electron chi connectivity index (χ2n) is 4.27. The highest BCUT2D eigenvalue weighted by Gasteiger charge is 2.17. The van der Waals surface area contributed by atoms with Crippen LogP contribution in [0.2, 0.25) is 0 Å². The molecule has 0 bridgehead atoms. The average Bonchev–Trinajstić information content (AvgIpc) is 2.40. The molecule has 0 atom stereocenters. The molecule has 1 aliphatic rings. The van der Waals surface area contributed by atoms with E-state index in [2.05, 4.69) is 27.3 Å². The lowest BCUT2D eigenvalue weighted by atomic mass is 10.1. The number of aromatic nitrogens is 2. The van der Waals surface area contributed by atoms with Crippen molar-refractivity contribution < 1.29 is 0 Å². The van der Waals surface area contributed by atoms with E-state index in [-0.39, 0.29) is 0 Å². The molecule has 17 heavy (non-hydrogen) atoms. The maximum absolute atomic E-state index is 8.63. The molecule has 5 heteroatoms. The van der Waals surface area contributed by atoms with Crippen molar-refractivity contribution >= 4 is 5.82 Å². The van der Waals surface area contributed by atoms with Gasteiger partial charge in [-0.1, -0.05) is 6.92 Å². The average molecular weight is 231 g/mol. The largest absolute Gasteiger partial charge is 0.366 e. The zero-order valence-electron chi connectivity index (χ0n) is 10.1. The molecule has 0 aliphatic carbocycles. The summed E-state index contributed by atoms with van der Waals surface area (Å²) in [7, 11) is 0. The summed E-state index contributed by atoms with van der Waals surface area (Å²) >= 11 is 0. The third-order valence-corrected chi connectivity index (χ3v) is 3.17. The zero-order valence-corrected chi connectivity index (χ0v) is 10.1. The zero-order chi connectivity index (χ0) is 12.1. The van der Waals surface area contributed by atoms with Crippen LogP contribution in [0.3, 0.4) is 0 Å². The molecule has 0 amide bonds. The topological polar surface area (TPSA) is 64.8 Å². The van der Waals surface area contributed by atoms with E-state index in [1.807, 2.05) is 12.1 Å². The molecule has 5 nitrogen and oxygen atoms in total. The van der Waals surface area contributed by atoms with Crippen LogP contribution in [0.4, 0.5) is 5.82 Å². The number of nitrogens with zero attached hydrogens (tertiary/aromatic N) is 4. The van der Waals surface area contributed by atoms with Crippen LogP contribution < -0.4 is 5.32 Å². The fourth-order valence-corrected chi connectivity index (χ4v) is 2.07. The number of nitrogens with one attached hydrogen (secondary N) is 1. The fraction of sp³-hybridized carbons (Fsp3) is 0.583. The van der Waals surface area contributed by atoms with Crippen LogP contribution in [0.1, 0.15) is 25.5 Å². The Morgan fingerprint density at radius 2 is 2.18 bits per heavy atom. The van der Waals surface area contributed by atoms with Gasteiger partial charge in [-0.05, 0) is 31.5 Å². The summed E-state index contributed by atoms with van der Waals surface area (Å²) in [6, 6.07) is 5.94. The molecule has 1 N–H and O–H groups in total. The summed E-state index contributed by atoms with van der Waals surface area (Å²) in [4.78, 5) is 2.45. The smallest absolute Gasteiger partial charge is 0.163 e. The molecule has 2 rings (SSSR count). The molecule has 1 saturated heterocycles. The Hall–Kier alpha value is -1.67. The van der Waals surface area contributed by atoms with Gasteiger partial charge in [-0.25, -0.2) is 0 Å². The normalized spacial score (nSPS) is 17.6. The number of nitriles is 1.